The van der Waals surface area contributed by atoms with Crippen LogP contribution < -0.4 is 19.3 Å². The van der Waals surface area contributed by atoms with Gasteiger partial charge in [-0.3, -0.25) is 4.98 Å². The van der Waals surface area contributed by atoms with E-state index < -0.39 is 60.3 Å². The van der Waals surface area contributed by atoms with Crippen LogP contribution in [0, 0.1) is 17.5 Å². The molecule has 2 aromatic carbocycles. The number of piperazine rings is 1. The Bertz CT molecular complexity index is 1830. The summed E-state index contributed by atoms with van der Waals surface area (Å²) in [4.78, 5) is 22.7. The van der Waals surface area contributed by atoms with Crippen LogP contribution in [0.1, 0.15) is 0 Å². The number of halogens is 6. The van der Waals surface area contributed by atoms with E-state index in [1.165, 1.54) is 6.07 Å². The van der Waals surface area contributed by atoms with Gasteiger partial charge < -0.3 is 15.0 Å². The highest BCUT2D eigenvalue weighted by Crippen LogP contribution is 2.42. The Hall–Kier alpha value is -4.64. The number of anilines is 2. The van der Waals surface area contributed by atoms with Crippen LogP contribution >= 0.6 is 0 Å². The molecule has 0 saturated carbocycles. The molecule has 10 nitrogen and oxygen atoms in total. The number of pyridine rings is 2. The third-order valence-corrected chi connectivity index (χ3v) is 8.60. The quantitative estimate of drug-likeness (QED) is 0.222. The fraction of sp³-hybridized carbons (Fsp3) is 0.222. The van der Waals surface area contributed by atoms with Gasteiger partial charge in [0, 0.05) is 71.9 Å². The molecular formula is C27H21F6N5O5S. The van der Waals surface area contributed by atoms with Crippen molar-refractivity contribution in [2.75, 3.05) is 42.5 Å². The minimum atomic E-state index is -6.18. The van der Waals surface area contributed by atoms with E-state index in [0.29, 0.717) is 29.6 Å². The largest absolute Gasteiger partial charge is 0.479 e. The zero-order valence-corrected chi connectivity index (χ0v) is 23.3. The lowest BCUT2D eigenvalue weighted by Crippen LogP contribution is -2.52. The molecule has 1 fully saturated rings. The highest BCUT2D eigenvalue weighted by Gasteiger charge is 2.57. The maximum absolute atomic E-state index is 15.4. The number of fused-ring (bicyclic) bond motifs is 1. The first-order valence-corrected chi connectivity index (χ1v) is 14.1. The Kier molecular flexibility index (Phi) is 8.26. The Balaban J connectivity index is 1.73. The van der Waals surface area contributed by atoms with Gasteiger partial charge in [0.05, 0.1) is 12.6 Å². The van der Waals surface area contributed by atoms with E-state index in [4.69, 9.17) is 4.74 Å². The van der Waals surface area contributed by atoms with Crippen LogP contribution in [0.3, 0.4) is 0 Å². The lowest BCUT2D eigenvalue weighted by atomic mass is 10.0. The first kappa shape index (κ1) is 30.8. The van der Waals surface area contributed by atoms with E-state index in [2.05, 4.69) is 25.1 Å². The van der Waals surface area contributed by atoms with Crippen molar-refractivity contribution in [3.05, 3.63) is 72.3 Å². The molecule has 0 bridgehead atoms. The van der Waals surface area contributed by atoms with Crippen molar-refractivity contribution in [2.24, 2.45) is 0 Å². The number of aromatic nitrogens is 2. The number of nitrogens with one attached hydrogen (secondary N) is 1. The Morgan fingerprint density at radius 3 is 2.32 bits per heavy atom. The number of nitrogens with zero attached hydrogens (tertiary/aromatic N) is 4. The van der Waals surface area contributed by atoms with Crippen LogP contribution in [0.2, 0.25) is 0 Å². The van der Waals surface area contributed by atoms with Gasteiger partial charge in [0.15, 0.2) is 4.90 Å². The summed E-state index contributed by atoms with van der Waals surface area (Å²) in [5.41, 5.74) is 0.435. The second-order valence-corrected chi connectivity index (χ2v) is 11.1. The van der Waals surface area contributed by atoms with Crippen LogP contribution in [-0.2, 0) is 19.8 Å². The molecule has 5 rings (SSSR count). The normalized spacial score (nSPS) is 14.0. The number of rotatable bonds is 8. The monoisotopic (exact) mass is 641 g/mol. The Morgan fingerprint density at radius 2 is 1.68 bits per heavy atom. The number of ether oxygens (including phenoxy) is 1. The molecule has 1 saturated heterocycles. The number of hydrogen-bond acceptors (Lipinski definition) is 9. The van der Waals surface area contributed by atoms with E-state index in [0.717, 1.165) is 38.1 Å². The molecule has 3 heterocycles. The number of methoxy groups -OCH3 is 1. The number of hydrogen-bond donors (Lipinski definition) is 1. The van der Waals surface area contributed by atoms with Gasteiger partial charge in [-0.2, -0.15) is 13.1 Å². The van der Waals surface area contributed by atoms with Crippen LogP contribution in [0.25, 0.3) is 22.0 Å². The zero-order chi connectivity index (χ0) is 31.8. The second kappa shape index (κ2) is 11.8. The first-order valence-electron chi connectivity index (χ1n) is 12.7. The maximum Gasteiger partial charge on any atom is 0.441 e. The number of carbonyl (C=O) groups is 1. The molecule has 4 aromatic rings. The molecule has 1 aliphatic heterocycles. The van der Waals surface area contributed by atoms with Crippen molar-refractivity contribution in [3.63, 3.8) is 0 Å². The van der Waals surface area contributed by atoms with Crippen molar-refractivity contribution in [1.29, 1.82) is 0 Å². The van der Waals surface area contributed by atoms with Gasteiger partial charge in [0.2, 0.25) is 5.88 Å². The topological polar surface area (TPSA) is 114 Å². The highest BCUT2D eigenvalue weighted by atomic mass is 32.2. The van der Waals surface area contributed by atoms with Crippen molar-refractivity contribution < 1.29 is 49.4 Å². The SMILES string of the molecule is COc1ncc(-c2ccc3nccc(N4CCNCC4)c3c2)cc1N(C(F)(F)C(=O)OF)S(=O)(=O)c1c(F)cc(F)cc1F. The summed E-state index contributed by atoms with van der Waals surface area (Å²) in [6.45, 7) is 2.82. The zero-order valence-electron chi connectivity index (χ0n) is 22.5. The van der Waals surface area contributed by atoms with Crippen molar-refractivity contribution >= 4 is 38.3 Å². The van der Waals surface area contributed by atoms with Gasteiger partial charge in [0.1, 0.15) is 23.1 Å². The summed E-state index contributed by atoms with van der Waals surface area (Å²) in [7, 11) is -5.27. The van der Waals surface area contributed by atoms with Gasteiger partial charge in [0.25, 0.3) is 10.0 Å². The van der Waals surface area contributed by atoms with Crippen LogP contribution in [0.4, 0.5) is 37.9 Å². The summed E-state index contributed by atoms with van der Waals surface area (Å²) in [5, 5.41) is 3.89. The number of carbonyl (C=O) groups excluding carboxylic acids is 1. The molecule has 2 aromatic heterocycles. The summed E-state index contributed by atoms with van der Waals surface area (Å²) >= 11 is 0. The van der Waals surface area contributed by atoms with Gasteiger partial charge in [-0.15, -0.1) is 0 Å². The third kappa shape index (κ3) is 5.43. The standard InChI is InChI=1S/C27H21F6N5O5S/c1-42-25-23(38(27(31,32)26(39)43-33)44(40,41)24-19(29)12-17(28)13-20(24)30)11-16(14-36-25)15-2-3-21-18(10-15)22(4-5-35-21)37-8-6-34-7-9-37/h2-5,10-14,34H,6-9H2,1H3. The van der Waals surface area contributed by atoms with Gasteiger partial charge in [-0.25, -0.2) is 36.3 Å². The minimum Gasteiger partial charge on any atom is -0.479 e. The Labute approximate surface area is 245 Å². The molecule has 1 N–H and O–H groups in total. The molecule has 1 aliphatic rings. The minimum absolute atomic E-state index is 0.0255. The predicted octanol–water partition coefficient (Wildman–Crippen LogP) is 4.35. The van der Waals surface area contributed by atoms with Crippen LogP contribution in [0.5, 0.6) is 5.88 Å². The van der Waals surface area contributed by atoms with E-state index >= 15 is 8.78 Å². The van der Waals surface area contributed by atoms with E-state index in [1.807, 2.05) is 0 Å². The fourth-order valence-corrected chi connectivity index (χ4v) is 6.38. The van der Waals surface area contributed by atoms with Crippen molar-refractivity contribution in [3.8, 4) is 17.0 Å². The molecule has 0 spiro atoms. The third-order valence-electron chi connectivity index (χ3n) is 6.79. The van der Waals surface area contributed by atoms with E-state index in [-0.39, 0.29) is 17.7 Å². The molecule has 44 heavy (non-hydrogen) atoms. The number of sulfonamides is 1. The lowest BCUT2D eigenvalue weighted by molar-refractivity contribution is -0.209. The summed E-state index contributed by atoms with van der Waals surface area (Å²) in [6.07, 6.45) is 2.74. The Morgan fingerprint density at radius 1 is 1.00 bits per heavy atom. The summed E-state index contributed by atoms with van der Waals surface area (Å²) in [6, 6.07) is 1.73. The van der Waals surface area contributed by atoms with Gasteiger partial charge in [-0.05, 0) is 29.8 Å². The molecule has 232 valence electrons. The van der Waals surface area contributed by atoms with Crippen LogP contribution in [-0.4, -0.2) is 63.7 Å². The summed E-state index contributed by atoms with van der Waals surface area (Å²) < 4.78 is 117. The molecular weight excluding hydrogens is 620 g/mol. The highest BCUT2D eigenvalue weighted by molar-refractivity contribution is 7.93. The van der Waals surface area contributed by atoms with E-state index in [9.17, 15) is 30.9 Å². The number of alkyl halides is 2. The molecule has 0 aliphatic carbocycles. The van der Waals surface area contributed by atoms with Crippen LogP contribution in [0.15, 0.2) is 59.8 Å². The van der Waals surface area contributed by atoms with E-state index in [1.54, 1.807) is 24.4 Å². The van der Waals surface area contributed by atoms with Crippen molar-refractivity contribution in [1.82, 2.24) is 15.3 Å². The molecule has 0 atom stereocenters. The summed E-state index contributed by atoms with van der Waals surface area (Å²) in [5.74, 6) is -9.69. The second-order valence-electron chi connectivity index (χ2n) is 9.43. The van der Waals surface area contributed by atoms with Crippen molar-refractivity contribution in [2.45, 2.75) is 10.9 Å². The first-order chi connectivity index (χ1) is 20.9. The molecule has 0 amide bonds. The molecule has 0 unspecified atom stereocenters. The molecule has 0 radical (unpaired) electrons. The average molecular weight is 642 g/mol. The molecule has 17 heteroatoms. The van der Waals surface area contributed by atoms with Gasteiger partial charge in [-0.1, -0.05) is 6.07 Å². The lowest BCUT2D eigenvalue weighted by Gasteiger charge is -2.30. The fourth-order valence-electron chi connectivity index (χ4n) is 4.82. The average Bonchev–Trinajstić information content (AvgIpc) is 2.99. The predicted molar refractivity (Wildman–Crippen MR) is 145 cm³/mol. The van der Waals surface area contributed by atoms with Gasteiger partial charge >= 0.3 is 12.0 Å². The smallest absolute Gasteiger partial charge is 0.441 e. The maximum atomic E-state index is 15.4. The number of benzene rings is 2.